The van der Waals surface area contributed by atoms with Crippen molar-refractivity contribution in [1.82, 2.24) is 16.0 Å². The van der Waals surface area contributed by atoms with Gasteiger partial charge in [-0.25, -0.2) is 4.79 Å². The van der Waals surface area contributed by atoms with E-state index in [0.717, 1.165) is 32.2 Å². The van der Waals surface area contributed by atoms with Crippen LogP contribution in [-0.2, 0) is 14.1 Å². The van der Waals surface area contributed by atoms with Crippen LogP contribution < -0.4 is 21.7 Å². The van der Waals surface area contributed by atoms with Crippen molar-refractivity contribution in [3.8, 4) is 0 Å². The van der Waals surface area contributed by atoms with Crippen LogP contribution in [0.3, 0.4) is 0 Å². The van der Waals surface area contributed by atoms with Crippen LogP contribution in [0.5, 0.6) is 0 Å². The summed E-state index contributed by atoms with van der Waals surface area (Å²) in [7, 11) is 1.22. The van der Waals surface area contributed by atoms with Crippen molar-refractivity contribution in [2.45, 2.75) is 112 Å². The summed E-state index contributed by atoms with van der Waals surface area (Å²) in [5.74, 6) is 1.11. The molecule has 8 nitrogen and oxygen atoms in total. The quantitative estimate of drug-likeness (QED) is 0.271. The zero-order valence-electron chi connectivity index (χ0n) is 23.8. The molecule has 0 aromatic heterocycles. The Morgan fingerprint density at radius 3 is 2.34 bits per heavy atom. The van der Waals surface area contributed by atoms with Crippen LogP contribution in [0, 0.1) is 23.2 Å². The molecule has 2 rings (SSSR count). The summed E-state index contributed by atoms with van der Waals surface area (Å²) in [4.78, 5) is 22.4. The SMILES string of the molecule is CCC1CC2OB(C(CC(C)C)NC(=O)CN)O[C@@]2(C)C(C)C1(C)C.CCCCCNC(=O)NC. The van der Waals surface area contributed by atoms with E-state index < -0.39 is 7.12 Å². The molecule has 1 heterocycles. The normalized spacial score (nSPS) is 28.0. The standard InChI is InChI=1S/C19H37BN2O3.C7H16N2O/c1-8-14-10-15-19(7,13(4)18(14,5)6)25-20(24-15)16(9-12(2)3)22-17(23)11-21;1-3-4-5-6-9-7(10)8-2/h12-16H,8-11,21H2,1-7H3,(H,22,23);3-6H2,1-2H3,(H2,8,9,10)/t13?,14?,15?,16?,19-;/m0./s1. The van der Waals surface area contributed by atoms with Crippen LogP contribution >= 0.6 is 0 Å². The van der Waals surface area contributed by atoms with Gasteiger partial charge in [-0.3, -0.25) is 4.79 Å². The van der Waals surface area contributed by atoms with Crippen molar-refractivity contribution in [2.75, 3.05) is 20.1 Å². The molecule has 1 aliphatic heterocycles. The maximum absolute atomic E-state index is 11.9. The van der Waals surface area contributed by atoms with Crippen molar-refractivity contribution in [3.63, 3.8) is 0 Å². The number of fused-ring (bicyclic) bond motifs is 1. The van der Waals surface area contributed by atoms with Crippen LogP contribution in [0.1, 0.15) is 93.9 Å². The highest BCUT2D eigenvalue weighted by Crippen LogP contribution is 2.55. The first-order valence-corrected chi connectivity index (χ1v) is 13.6. The summed E-state index contributed by atoms with van der Waals surface area (Å²) < 4.78 is 12.9. The fraction of sp³-hybridized carbons (Fsp3) is 0.923. The van der Waals surface area contributed by atoms with Gasteiger partial charge < -0.3 is 31.0 Å². The minimum atomic E-state index is -0.401. The fourth-order valence-electron chi connectivity index (χ4n) is 5.52. The van der Waals surface area contributed by atoms with Crippen LogP contribution in [0.4, 0.5) is 4.79 Å². The largest absolute Gasteiger partial charge is 0.481 e. The smallest absolute Gasteiger partial charge is 0.404 e. The molecule has 0 radical (unpaired) electrons. The van der Waals surface area contributed by atoms with Gasteiger partial charge in [-0.1, -0.05) is 67.7 Å². The molecule has 2 fully saturated rings. The number of hydrogen-bond acceptors (Lipinski definition) is 5. The molecule has 2 aliphatic rings. The molecule has 5 atom stereocenters. The average molecular weight is 497 g/mol. The maximum atomic E-state index is 11.9. The summed E-state index contributed by atoms with van der Waals surface area (Å²) in [6.45, 7) is 18.6. The van der Waals surface area contributed by atoms with Crippen LogP contribution in [0.25, 0.3) is 0 Å². The van der Waals surface area contributed by atoms with E-state index in [2.05, 4.69) is 71.3 Å². The Hall–Kier alpha value is -1.32. The number of hydrogen-bond donors (Lipinski definition) is 4. The number of nitrogens with two attached hydrogens (primary N) is 1. The Labute approximate surface area is 214 Å². The summed E-state index contributed by atoms with van der Waals surface area (Å²) in [5, 5.41) is 8.22. The average Bonchev–Trinajstić information content (AvgIpc) is 3.16. The van der Waals surface area contributed by atoms with Gasteiger partial charge in [0.25, 0.3) is 0 Å². The highest BCUT2D eigenvalue weighted by atomic mass is 16.7. The van der Waals surface area contributed by atoms with Crippen LogP contribution in [0.2, 0.25) is 0 Å². The molecule has 0 bridgehead atoms. The summed E-state index contributed by atoms with van der Waals surface area (Å²) in [6.07, 6.45) is 6.50. The molecule has 204 valence electrons. The zero-order chi connectivity index (χ0) is 26.8. The minimum Gasteiger partial charge on any atom is -0.404 e. The third-order valence-electron chi connectivity index (χ3n) is 8.21. The van der Waals surface area contributed by atoms with Crippen molar-refractivity contribution >= 4 is 19.1 Å². The van der Waals surface area contributed by atoms with Gasteiger partial charge in [0.15, 0.2) is 0 Å². The molecule has 1 saturated heterocycles. The highest BCUT2D eigenvalue weighted by Gasteiger charge is 2.61. The van der Waals surface area contributed by atoms with E-state index in [0.29, 0.717) is 17.8 Å². The molecular formula is C26H53BN4O4. The summed E-state index contributed by atoms with van der Waals surface area (Å²) in [5.41, 5.74) is 5.38. The number of urea groups is 1. The first-order valence-electron chi connectivity index (χ1n) is 13.6. The Kier molecular flexibility index (Phi) is 13.1. The Morgan fingerprint density at radius 1 is 1.17 bits per heavy atom. The molecule has 35 heavy (non-hydrogen) atoms. The first-order chi connectivity index (χ1) is 16.4. The van der Waals surface area contributed by atoms with E-state index >= 15 is 0 Å². The predicted octanol–water partition coefficient (Wildman–Crippen LogP) is 3.88. The van der Waals surface area contributed by atoms with Crippen molar-refractivity contribution in [2.24, 2.45) is 28.9 Å². The lowest BCUT2D eigenvalue weighted by atomic mass is 9.56. The van der Waals surface area contributed by atoms with Gasteiger partial charge in [0.2, 0.25) is 5.91 Å². The number of rotatable bonds is 10. The third-order valence-corrected chi connectivity index (χ3v) is 8.21. The lowest BCUT2D eigenvalue weighted by Gasteiger charge is -2.54. The van der Waals surface area contributed by atoms with Crippen molar-refractivity contribution in [1.29, 1.82) is 0 Å². The molecule has 0 spiro atoms. The van der Waals surface area contributed by atoms with Crippen LogP contribution in [-0.4, -0.2) is 56.8 Å². The number of nitrogens with one attached hydrogen (secondary N) is 3. The Bertz CT molecular complexity index is 663. The van der Waals surface area contributed by atoms with Gasteiger partial charge in [-0.2, -0.15) is 0 Å². The number of unbranched alkanes of at least 4 members (excludes halogenated alkanes) is 2. The van der Waals surface area contributed by atoms with E-state index in [9.17, 15) is 9.59 Å². The van der Waals surface area contributed by atoms with Gasteiger partial charge in [0.05, 0.1) is 24.2 Å². The molecule has 1 aliphatic carbocycles. The molecule has 1 saturated carbocycles. The summed E-state index contributed by atoms with van der Waals surface area (Å²) >= 11 is 0. The van der Waals surface area contributed by atoms with E-state index in [4.69, 9.17) is 15.0 Å². The Morgan fingerprint density at radius 2 is 1.83 bits per heavy atom. The van der Waals surface area contributed by atoms with E-state index in [1.807, 2.05) is 0 Å². The van der Waals surface area contributed by atoms with Crippen molar-refractivity contribution in [3.05, 3.63) is 0 Å². The zero-order valence-corrected chi connectivity index (χ0v) is 23.8. The minimum absolute atomic E-state index is 0.0106. The van der Waals surface area contributed by atoms with E-state index in [1.54, 1.807) is 7.05 Å². The number of amides is 3. The topological polar surface area (TPSA) is 115 Å². The highest BCUT2D eigenvalue weighted by molar-refractivity contribution is 6.47. The lowest BCUT2D eigenvalue weighted by Crippen LogP contribution is -2.56. The van der Waals surface area contributed by atoms with Crippen LogP contribution in [0.15, 0.2) is 0 Å². The Balaban J connectivity index is 0.000000518. The molecule has 5 N–H and O–H groups in total. The maximum Gasteiger partial charge on any atom is 0.481 e. The number of carbonyl (C=O) groups is 2. The first kappa shape index (κ1) is 31.7. The third kappa shape index (κ3) is 8.64. The molecule has 4 unspecified atom stereocenters. The second-order valence-corrected chi connectivity index (χ2v) is 11.4. The molecule has 0 aromatic rings. The molecular weight excluding hydrogens is 443 g/mol. The molecule has 0 aromatic carbocycles. The van der Waals surface area contributed by atoms with Crippen molar-refractivity contribution < 1.29 is 18.9 Å². The van der Waals surface area contributed by atoms with E-state index in [-0.39, 0.29) is 41.5 Å². The molecule has 3 amide bonds. The van der Waals surface area contributed by atoms with E-state index in [1.165, 1.54) is 12.8 Å². The number of carbonyl (C=O) groups excluding carboxylic acids is 2. The molecule has 9 heteroatoms. The van der Waals surface area contributed by atoms with Gasteiger partial charge in [-0.05, 0) is 49.4 Å². The van der Waals surface area contributed by atoms with Gasteiger partial charge >= 0.3 is 13.1 Å². The lowest BCUT2D eigenvalue weighted by molar-refractivity contribution is -0.120. The van der Waals surface area contributed by atoms with Gasteiger partial charge in [-0.15, -0.1) is 0 Å². The predicted molar refractivity (Wildman–Crippen MR) is 144 cm³/mol. The second kappa shape index (κ2) is 14.4. The van der Waals surface area contributed by atoms with Gasteiger partial charge in [0, 0.05) is 13.6 Å². The second-order valence-electron chi connectivity index (χ2n) is 11.4. The summed E-state index contributed by atoms with van der Waals surface area (Å²) in [6, 6.07) is -0.0869. The fourth-order valence-corrected chi connectivity index (χ4v) is 5.52. The monoisotopic (exact) mass is 496 g/mol. The van der Waals surface area contributed by atoms with Gasteiger partial charge in [0.1, 0.15) is 0 Å².